The molecule has 0 saturated heterocycles. The van der Waals surface area contributed by atoms with Crippen LogP contribution in [0.5, 0.6) is 11.5 Å². The number of aryl methyl sites for hydroxylation is 1. The Kier molecular flexibility index (Phi) is 6.36. The Bertz CT molecular complexity index is 1580. The number of hydrogen-bond acceptors (Lipinski definition) is 8. The molecule has 0 aliphatic carbocycles. The van der Waals surface area contributed by atoms with Gasteiger partial charge >= 0.3 is 0 Å². The van der Waals surface area contributed by atoms with E-state index < -0.39 is 5.91 Å². The van der Waals surface area contributed by atoms with E-state index in [9.17, 15) is 4.79 Å². The third-order valence-corrected chi connectivity index (χ3v) is 5.50. The molecule has 182 valence electrons. The van der Waals surface area contributed by atoms with E-state index in [2.05, 4.69) is 30.7 Å². The number of nitrogens with two attached hydrogens (primary N) is 1. The van der Waals surface area contributed by atoms with Crippen molar-refractivity contribution in [2.75, 3.05) is 17.2 Å². The smallest absolute Gasteiger partial charge is 0.259 e. The molecular weight excluding hydrogens is 480 g/mol. The van der Waals surface area contributed by atoms with Crippen molar-refractivity contribution >= 4 is 45.7 Å². The number of carbonyl (C=O) groups excluding carboxylic acids is 1. The van der Waals surface area contributed by atoms with Crippen molar-refractivity contribution in [1.29, 1.82) is 0 Å². The SMILES string of the molecule is Cc1cn2nc(NC(=O)c3ccc(NC[C@@H](C)N)c4nccnc34)cc(Oc3cccc(Cl)c3)c2n1. The van der Waals surface area contributed by atoms with Crippen LogP contribution in [0.1, 0.15) is 23.0 Å². The van der Waals surface area contributed by atoms with Gasteiger partial charge in [-0.2, -0.15) is 0 Å². The summed E-state index contributed by atoms with van der Waals surface area (Å²) in [6.45, 7) is 4.31. The number of benzene rings is 2. The molecule has 5 rings (SSSR count). The number of halogens is 1. The predicted octanol–water partition coefficient (Wildman–Crippen LogP) is 4.44. The van der Waals surface area contributed by atoms with Gasteiger partial charge in [-0.3, -0.25) is 14.8 Å². The molecule has 0 aliphatic heterocycles. The first-order valence-corrected chi connectivity index (χ1v) is 11.6. The fourth-order valence-electron chi connectivity index (χ4n) is 3.69. The highest BCUT2D eigenvalue weighted by molar-refractivity contribution is 6.30. The minimum atomic E-state index is -0.392. The number of fused-ring (bicyclic) bond motifs is 2. The molecule has 4 N–H and O–H groups in total. The van der Waals surface area contributed by atoms with Gasteiger partial charge in [-0.25, -0.2) is 9.50 Å². The summed E-state index contributed by atoms with van der Waals surface area (Å²) in [5.41, 5.74) is 9.25. The molecule has 5 aromatic rings. The predicted molar refractivity (Wildman–Crippen MR) is 139 cm³/mol. The zero-order valence-electron chi connectivity index (χ0n) is 19.6. The van der Waals surface area contributed by atoms with E-state index >= 15 is 0 Å². The number of aromatic nitrogens is 5. The highest BCUT2D eigenvalue weighted by atomic mass is 35.5. The Morgan fingerprint density at radius 1 is 1.17 bits per heavy atom. The van der Waals surface area contributed by atoms with Crippen LogP contribution in [0.4, 0.5) is 11.5 Å². The Morgan fingerprint density at radius 3 is 2.75 bits per heavy atom. The molecule has 2 aromatic carbocycles. The second-order valence-electron chi connectivity index (χ2n) is 8.33. The molecule has 3 heterocycles. The van der Waals surface area contributed by atoms with E-state index in [1.54, 1.807) is 65.6 Å². The molecule has 0 unspecified atom stereocenters. The number of hydrogen-bond donors (Lipinski definition) is 3. The molecule has 36 heavy (non-hydrogen) atoms. The Hall–Kier alpha value is -4.28. The van der Waals surface area contributed by atoms with Gasteiger partial charge in [0.15, 0.2) is 17.2 Å². The van der Waals surface area contributed by atoms with E-state index in [1.165, 1.54) is 0 Å². The van der Waals surface area contributed by atoms with Crippen LogP contribution in [0.2, 0.25) is 5.02 Å². The summed E-state index contributed by atoms with van der Waals surface area (Å²) in [7, 11) is 0. The van der Waals surface area contributed by atoms with Gasteiger partial charge in [-0.15, -0.1) is 5.10 Å². The first kappa shape index (κ1) is 23.5. The van der Waals surface area contributed by atoms with Crippen LogP contribution >= 0.6 is 11.6 Å². The summed E-state index contributed by atoms with van der Waals surface area (Å²) in [5.74, 6) is 0.829. The van der Waals surface area contributed by atoms with E-state index in [0.717, 1.165) is 11.4 Å². The Balaban J connectivity index is 1.49. The van der Waals surface area contributed by atoms with Crippen LogP contribution in [0.3, 0.4) is 0 Å². The van der Waals surface area contributed by atoms with Gasteiger partial charge in [0.05, 0.1) is 23.1 Å². The number of amides is 1. The Morgan fingerprint density at radius 2 is 1.97 bits per heavy atom. The van der Waals surface area contributed by atoms with Gasteiger partial charge in [-0.1, -0.05) is 17.7 Å². The maximum atomic E-state index is 13.3. The summed E-state index contributed by atoms with van der Waals surface area (Å²) in [6, 6.07) is 12.1. The largest absolute Gasteiger partial charge is 0.453 e. The monoisotopic (exact) mass is 502 g/mol. The number of nitrogens with one attached hydrogen (secondary N) is 2. The molecule has 10 nitrogen and oxygen atoms in total. The lowest BCUT2D eigenvalue weighted by molar-refractivity contribution is 0.102. The van der Waals surface area contributed by atoms with Crippen LogP contribution in [0.25, 0.3) is 16.7 Å². The maximum absolute atomic E-state index is 13.3. The van der Waals surface area contributed by atoms with Crippen molar-refractivity contribution in [3.05, 3.63) is 77.3 Å². The minimum Gasteiger partial charge on any atom is -0.453 e. The summed E-state index contributed by atoms with van der Waals surface area (Å²) in [4.78, 5) is 26.6. The van der Waals surface area contributed by atoms with E-state index in [1.807, 2.05) is 13.8 Å². The van der Waals surface area contributed by atoms with E-state index in [-0.39, 0.29) is 11.9 Å². The van der Waals surface area contributed by atoms with E-state index in [0.29, 0.717) is 45.3 Å². The number of nitrogens with zero attached hydrogens (tertiary/aromatic N) is 5. The Labute approximate surface area is 211 Å². The van der Waals surface area contributed by atoms with Crippen LogP contribution in [0, 0.1) is 6.92 Å². The summed E-state index contributed by atoms with van der Waals surface area (Å²) in [5, 5.41) is 11.1. The van der Waals surface area contributed by atoms with Crippen molar-refractivity contribution < 1.29 is 9.53 Å². The molecule has 0 radical (unpaired) electrons. The molecule has 1 atom stereocenters. The molecule has 0 aliphatic rings. The third kappa shape index (κ3) is 4.90. The molecule has 0 bridgehead atoms. The zero-order valence-corrected chi connectivity index (χ0v) is 20.3. The molecule has 0 fully saturated rings. The van der Waals surface area contributed by atoms with Crippen LogP contribution in [-0.2, 0) is 0 Å². The number of imidazole rings is 1. The number of carbonyl (C=O) groups is 1. The van der Waals surface area contributed by atoms with Crippen LogP contribution in [0.15, 0.2) is 61.1 Å². The van der Waals surface area contributed by atoms with Gasteiger partial charge in [0, 0.05) is 36.1 Å². The number of ether oxygens (including phenoxy) is 1. The highest BCUT2D eigenvalue weighted by Crippen LogP contribution is 2.30. The average Bonchev–Trinajstić information content (AvgIpc) is 3.22. The fraction of sp³-hybridized carbons (Fsp3) is 0.160. The number of rotatable bonds is 7. The lowest BCUT2D eigenvalue weighted by Crippen LogP contribution is -2.25. The molecule has 0 spiro atoms. The van der Waals surface area contributed by atoms with Gasteiger partial charge < -0.3 is 21.1 Å². The van der Waals surface area contributed by atoms with Gasteiger partial charge in [-0.05, 0) is 44.2 Å². The average molecular weight is 503 g/mol. The molecule has 3 aromatic heterocycles. The summed E-state index contributed by atoms with van der Waals surface area (Å²) < 4.78 is 7.61. The normalized spacial score (nSPS) is 12.0. The standard InChI is InChI=1S/C25H23ClN8O2/c1-14(27)12-30-19-7-6-18(22-23(19)29-9-8-28-22)25(35)32-21-11-20(24-31-15(2)13-34(24)33-21)36-17-5-3-4-16(26)10-17/h3-11,13-14,30H,12,27H2,1-2H3,(H,32,33,35)/t14-/m1/s1. The number of anilines is 2. The van der Waals surface area contributed by atoms with Crippen molar-refractivity contribution in [3.63, 3.8) is 0 Å². The van der Waals surface area contributed by atoms with Gasteiger partial charge in [0.25, 0.3) is 5.91 Å². The van der Waals surface area contributed by atoms with Gasteiger partial charge in [0.1, 0.15) is 16.8 Å². The zero-order chi connectivity index (χ0) is 25.2. The van der Waals surface area contributed by atoms with E-state index in [4.69, 9.17) is 22.1 Å². The van der Waals surface area contributed by atoms with Gasteiger partial charge in [0.2, 0.25) is 0 Å². The quantitative estimate of drug-likeness (QED) is 0.297. The summed E-state index contributed by atoms with van der Waals surface area (Å²) >= 11 is 6.10. The first-order valence-electron chi connectivity index (χ1n) is 11.2. The minimum absolute atomic E-state index is 0.0455. The second kappa shape index (κ2) is 9.76. The van der Waals surface area contributed by atoms with Crippen molar-refractivity contribution in [3.8, 4) is 11.5 Å². The second-order valence-corrected chi connectivity index (χ2v) is 8.77. The molecular formula is C25H23ClN8O2. The summed E-state index contributed by atoms with van der Waals surface area (Å²) in [6.07, 6.45) is 4.87. The highest BCUT2D eigenvalue weighted by Gasteiger charge is 2.18. The first-order chi connectivity index (χ1) is 17.4. The van der Waals surface area contributed by atoms with Crippen LogP contribution < -0.4 is 21.1 Å². The van der Waals surface area contributed by atoms with Crippen molar-refractivity contribution in [2.45, 2.75) is 19.9 Å². The van der Waals surface area contributed by atoms with Crippen molar-refractivity contribution in [2.24, 2.45) is 5.73 Å². The third-order valence-electron chi connectivity index (χ3n) is 5.26. The topological polar surface area (TPSA) is 132 Å². The van der Waals surface area contributed by atoms with Crippen LogP contribution in [-0.4, -0.2) is 43.1 Å². The maximum Gasteiger partial charge on any atom is 0.259 e. The molecule has 0 saturated carbocycles. The molecule has 11 heteroatoms. The lowest BCUT2D eigenvalue weighted by atomic mass is 10.1. The fourth-order valence-corrected chi connectivity index (χ4v) is 3.87. The molecule has 1 amide bonds. The van der Waals surface area contributed by atoms with Crippen molar-refractivity contribution in [1.82, 2.24) is 24.6 Å². The lowest BCUT2D eigenvalue weighted by Gasteiger charge is -2.13.